The third kappa shape index (κ3) is 4.68. The molecule has 0 radical (unpaired) electrons. The molecule has 0 saturated carbocycles. The Morgan fingerprint density at radius 1 is 1.43 bits per heavy atom. The molecule has 1 amide bonds. The summed E-state index contributed by atoms with van der Waals surface area (Å²) in [4.78, 5) is 14.1. The maximum atomic E-state index is 13.5. The number of nitrogen functional groups attached to an aromatic ring is 1. The minimum absolute atomic E-state index is 0.128. The summed E-state index contributed by atoms with van der Waals surface area (Å²) in [7, 11) is 0. The van der Waals surface area contributed by atoms with Crippen molar-refractivity contribution in [3.63, 3.8) is 0 Å². The van der Waals surface area contributed by atoms with Crippen LogP contribution in [0.3, 0.4) is 0 Å². The molecule has 1 heterocycles. The van der Waals surface area contributed by atoms with E-state index in [9.17, 15) is 9.18 Å². The molecule has 0 aromatic heterocycles. The number of amides is 1. The first-order valence-corrected chi connectivity index (χ1v) is 7.16. The summed E-state index contributed by atoms with van der Waals surface area (Å²) in [5, 5.41) is 2.56. The highest BCUT2D eigenvalue weighted by Gasteiger charge is 2.22. The largest absolute Gasteiger partial charge is 0.399 e. The molecule has 0 unspecified atom stereocenters. The number of hydrogen-bond acceptors (Lipinski definition) is 4. The topological polar surface area (TPSA) is 67.6 Å². The van der Waals surface area contributed by atoms with Crippen molar-refractivity contribution < 1.29 is 13.9 Å². The first-order chi connectivity index (χ1) is 9.94. The monoisotopic (exact) mass is 295 g/mol. The zero-order valence-electron chi connectivity index (χ0n) is 12.4. The van der Waals surface area contributed by atoms with E-state index in [1.807, 2.05) is 13.8 Å². The number of nitrogens with zero attached hydrogens (tertiary/aromatic N) is 1. The number of nitrogens with one attached hydrogen (secondary N) is 1. The second-order valence-electron chi connectivity index (χ2n) is 5.55. The predicted molar refractivity (Wildman–Crippen MR) is 80.5 cm³/mol. The van der Waals surface area contributed by atoms with E-state index < -0.39 is 5.82 Å². The minimum Gasteiger partial charge on any atom is -0.399 e. The second-order valence-corrected chi connectivity index (χ2v) is 5.55. The van der Waals surface area contributed by atoms with Crippen LogP contribution in [-0.2, 0) is 9.53 Å². The molecule has 5 nitrogen and oxygen atoms in total. The molecule has 1 aliphatic heterocycles. The molecule has 6 heteroatoms. The molecule has 0 spiro atoms. The Morgan fingerprint density at radius 2 is 2.10 bits per heavy atom. The Hall–Kier alpha value is -1.66. The first-order valence-electron chi connectivity index (χ1n) is 7.16. The molecule has 21 heavy (non-hydrogen) atoms. The summed E-state index contributed by atoms with van der Waals surface area (Å²) in [5.74, 6) is -0.697. The highest BCUT2D eigenvalue weighted by Crippen LogP contribution is 2.18. The number of carbonyl (C=O) groups excluding carboxylic acids is 1. The Balaban J connectivity index is 1.83. The third-order valence-electron chi connectivity index (χ3n) is 3.41. The van der Waals surface area contributed by atoms with Gasteiger partial charge < -0.3 is 15.8 Å². The highest BCUT2D eigenvalue weighted by atomic mass is 19.1. The first kappa shape index (κ1) is 15.7. The number of carbonyl (C=O) groups is 1. The summed E-state index contributed by atoms with van der Waals surface area (Å²) in [5.41, 5.74) is 6.13. The Bertz CT molecular complexity index is 500. The summed E-state index contributed by atoms with van der Waals surface area (Å²) in [6.07, 6.45) is 0.652. The van der Waals surface area contributed by atoms with Crippen molar-refractivity contribution in [2.24, 2.45) is 0 Å². The van der Waals surface area contributed by atoms with E-state index in [1.165, 1.54) is 18.2 Å². The normalized spacial score (nSPS) is 23.0. The van der Waals surface area contributed by atoms with Gasteiger partial charge in [-0.15, -0.1) is 0 Å². The smallest absolute Gasteiger partial charge is 0.225 e. The van der Waals surface area contributed by atoms with Gasteiger partial charge in [-0.25, -0.2) is 4.39 Å². The second kappa shape index (κ2) is 6.87. The quantitative estimate of drug-likeness (QED) is 0.832. The van der Waals surface area contributed by atoms with Gasteiger partial charge in [0.05, 0.1) is 17.9 Å². The predicted octanol–water partition coefficient (Wildman–Crippen LogP) is 1.85. The van der Waals surface area contributed by atoms with E-state index in [0.29, 0.717) is 18.7 Å². The van der Waals surface area contributed by atoms with Gasteiger partial charge in [0.15, 0.2) is 0 Å². The van der Waals surface area contributed by atoms with Gasteiger partial charge in [-0.2, -0.15) is 0 Å². The zero-order valence-corrected chi connectivity index (χ0v) is 12.4. The SMILES string of the molecule is C[C@@H]1CN(CCC(=O)Nc2cc(N)ccc2F)C[C@H](C)O1. The van der Waals surface area contributed by atoms with E-state index >= 15 is 0 Å². The van der Waals surface area contributed by atoms with Crippen LogP contribution in [0.25, 0.3) is 0 Å². The molecule has 2 atom stereocenters. The van der Waals surface area contributed by atoms with Crippen LogP contribution in [0.2, 0.25) is 0 Å². The lowest BCUT2D eigenvalue weighted by molar-refractivity contribution is -0.117. The van der Waals surface area contributed by atoms with E-state index in [0.717, 1.165) is 13.1 Å². The maximum absolute atomic E-state index is 13.5. The van der Waals surface area contributed by atoms with Crippen LogP contribution in [-0.4, -0.2) is 42.6 Å². The molecule has 3 N–H and O–H groups in total. The summed E-state index contributed by atoms with van der Waals surface area (Å²) >= 11 is 0. The van der Waals surface area contributed by atoms with Crippen LogP contribution in [0.15, 0.2) is 18.2 Å². The Morgan fingerprint density at radius 3 is 2.76 bits per heavy atom. The average Bonchev–Trinajstić information content (AvgIpc) is 2.40. The van der Waals surface area contributed by atoms with Crippen molar-refractivity contribution in [3.8, 4) is 0 Å². The van der Waals surface area contributed by atoms with Crippen molar-refractivity contribution in [3.05, 3.63) is 24.0 Å². The molecule has 1 fully saturated rings. The molecule has 0 aliphatic carbocycles. The maximum Gasteiger partial charge on any atom is 0.225 e. The lowest BCUT2D eigenvalue weighted by Crippen LogP contribution is -2.46. The highest BCUT2D eigenvalue weighted by molar-refractivity contribution is 5.91. The molecule has 0 bridgehead atoms. The molecule has 1 aromatic carbocycles. The van der Waals surface area contributed by atoms with E-state index in [2.05, 4.69) is 10.2 Å². The minimum atomic E-state index is -0.480. The van der Waals surface area contributed by atoms with E-state index in [4.69, 9.17) is 10.5 Å². The zero-order chi connectivity index (χ0) is 15.4. The lowest BCUT2D eigenvalue weighted by atomic mass is 10.2. The Kier molecular flexibility index (Phi) is 5.14. The van der Waals surface area contributed by atoms with Crippen molar-refractivity contribution >= 4 is 17.3 Å². The van der Waals surface area contributed by atoms with Gasteiger partial charge in [0, 0.05) is 31.7 Å². The molecule has 2 rings (SSSR count). The number of hydrogen-bond donors (Lipinski definition) is 2. The van der Waals surface area contributed by atoms with Gasteiger partial charge in [0.25, 0.3) is 0 Å². The average molecular weight is 295 g/mol. The fourth-order valence-corrected chi connectivity index (χ4v) is 2.58. The fourth-order valence-electron chi connectivity index (χ4n) is 2.58. The van der Waals surface area contributed by atoms with E-state index in [1.54, 1.807) is 0 Å². The Labute approximate surface area is 124 Å². The summed E-state index contributed by atoms with van der Waals surface area (Å²) in [6, 6.07) is 4.13. The molecule has 1 saturated heterocycles. The van der Waals surface area contributed by atoms with E-state index in [-0.39, 0.29) is 23.8 Å². The van der Waals surface area contributed by atoms with Crippen molar-refractivity contribution in [1.82, 2.24) is 4.90 Å². The number of benzene rings is 1. The van der Waals surface area contributed by atoms with Gasteiger partial charge in [-0.1, -0.05) is 0 Å². The fraction of sp³-hybridized carbons (Fsp3) is 0.533. The number of ether oxygens (including phenoxy) is 1. The lowest BCUT2D eigenvalue weighted by Gasteiger charge is -2.35. The van der Waals surface area contributed by atoms with Crippen LogP contribution >= 0.6 is 0 Å². The molecular formula is C15H22FN3O2. The number of nitrogens with two attached hydrogens (primary N) is 1. The van der Waals surface area contributed by atoms with Crippen molar-refractivity contribution in [2.75, 3.05) is 30.7 Å². The van der Waals surface area contributed by atoms with Crippen LogP contribution in [0, 0.1) is 5.82 Å². The van der Waals surface area contributed by atoms with Gasteiger partial charge >= 0.3 is 0 Å². The van der Waals surface area contributed by atoms with Crippen LogP contribution < -0.4 is 11.1 Å². The van der Waals surface area contributed by atoms with Gasteiger partial charge in [-0.3, -0.25) is 9.69 Å². The molecule has 1 aromatic rings. The third-order valence-corrected chi connectivity index (χ3v) is 3.41. The summed E-state index contributed by atoms with van der Waals surface area (Å²) < 4.78 is 19.2. The molecule has 1 aliphatic rings. The number of morpholine rings is 1. The van der Waals surface area contributed by atoms with Crippen molar-refractivity contribution in [1.29, 1.82) is 0 Å². The molecule has 116 valence electrons. The standard InChI is InChI=1S/C15H22FN3O2/c1-10-8-19(9-11(2)21-10)6-5-15(20)18-14-7-12(17)3-4-13(14)16/h3-4,7,10-11H,5-6,8-9,17H2,1-2H3,(H,18,20)/t10-,11+. The number of rotatable bonds is 4. The summed E-state index contributed by atoms with van der Waals surface area (Å²) in [6.45, 7) is 6.29. The number of halogens is 1. The number of anilines is 2. The van der Waals surface area contributed by atoms with Gasteiger partial charge in [-0.05, 0) is 32.0 Å². The molecular weight excluding hydrogens is 273 g/mol. The van der Waals surface area contributed by atoms with Crippen LogP contribution in [0.5, 0.6) is 0 Å². The van der Waals surface area contributed by atoms with Crippen LogP contribution in [0.1, 0.15) is 20.3 Å². The van der Waals surface area contributed by atoms with Crippen molar-refractivity contribution in [2.45, 2.75) is 32.5 Å². The van der Waals surface area contributed by atoms with Gasteiger partial charge in [0.1, 0.15) is 5.82 Å². The van der Waals surface area contributed by atoms with Gasteiger partial charge in [0.2, 0.25) is 5.91 Å². The van der Waals surface area contributed by atoms with Crippen LogP contribution in [0.4, 0.5) is 15.8 Å².